The number of H-pyrrole nitrogens is 2. The van der Waals surface area contributed by atoms with Gasteiger partial charge in [0.1, 0.15) is 30.1 Å². The molecule has 0 saturated heterocycles. The Hall–Kier alpha value is -4.58. The Bertz CT molecular complexity index is 1540. The van der Waals surface area contributed by atoms with Crippen LogP contribution in [0.5, 0.6) is 17.4 Å². The lowest BCUT2D eigenvalue weighted by Crippen LogP contribution is -1.94. The Morgan fingerprint density at radius 1 is 0.788 bits per heavy atom. The monoisotopic (exact) mass is 432 g/mol. The third-order valence-corrected chi connectivity index (χ3v) is 5.54. The molecule has 0 aliphatic carbocycles. The van der Waals surface area contributed by atoms with Crippen LogP contribution in [0.15, 0.2) is 97.5 Å². The second-order valence-corrected chi connectivity index (χ2v) is 7.75. The van der Waals surface area contributed by atoms with Gasteiger partial charge in [0.25, 0.3) is 0 Å². The van der Waals surface area contributed by atoms with Crippen molar-refractivity contribution in [2.24, 2.45) is 0 Å². The average Bonchev–Trinajstić information content (AvgIpc) is 3.51. The summed E-state index contributed by atoms with van der Waals surface area (Å²) in [6.07, 6.45) is 3.42. The first-order chi connectivity index (χ1) is 16.3. The van der Waals surface area contributed by atoms with Crippen LogP contribution in [0.3, 0.4) is 0 Å². The maximum absolute atomic E-state index is 6.11. The zero-order valence-corrected chi connectivity index (χ0v) is 17.7. The maximum Gasteiger partial charge on any atom is 0.231 e. The van der Waals surface area contributed by atoms with E-state index in [1.165, 1.54) is 6.33 Å². The Kier molecular flexibility index (Phi) is 4.73. The van der Waals surface area contributed by atoms with Gasteiger partial charge < -0.3 is 19.4 Å². The number of aromatic amines is 2. The maximum atomic E-state index is 6.11. The molecular weight excluding hydrogens is 412 g/mol. The van der Waals surface area contributed by atoms with Gasteiger partial charge >= 0.3 is 0 Å². The highest BCUT2D eigenvalue weighted by molar-refractivity contribution is 5.87. The van der Waals surface area contributed by atoms with Crippen LogP contribution in [0.25, 0.3) is 33.2 Å². The standard InChI is InChI=1S/C27H20N4O2/c1-2-4-18(5-3-1)16-32-21-8-6-19(7-9-21)25-15-23-26(31-25)29-17-30-27(23)33-22-10-11-24-20(14-22)12-13-28-24/h1-15,17,28H,16H2,(H,29,30,31). The van der Waals surface area contributed by atoms with Gasteiger partial charge in [-0.15, -0.1) is 0 Å². The molecule has 6 rings (SSSR count). The topological polar surface area (TPSA) is 75.8 Å². The Morgan fingerprint density at radius 3 is 2.52 bits per heavy atom. The molecule has 160 valence electrons. The zero-order valence-electron chi connectivity index (χ0n) is 17.7. The van der Waals surface area contributed by atoms with Crippen LogP contribution in [0.2, 0.25) is 0 Å². The minimum absolute atomic E-state index is 0.514. The van der Waals surface area contributed by atoms with Crippen molar-refractivity contribution in [1.29, 1.82) is 0 Å². The van der Waals surface area contributed by atoms with Crippen LogP contribution in [0.4, 0.5) is 0 Å². The third kappa shape index (κ3) is 3.90. The predicted molar refractivity (Wildman–Crippen MR) is 128 cm³/mol. The van der Waals surface area contributed by atoms with Gasteiger partial charge in [0.05, 0.1) is 5.39 Å². The number of nitrogens with one attached hydrogen (secondary N) is 2. The molecule has 0 saturated carbocycles. The van der Waals surface area contributed by atoms with Gasteiger partial charge in [-0.05, 0) is 65.7 Å². The van der Waals surface area contributed by atoms with Crippen molar-refractivity contribution < 1.29 is 9.47 Å². The molecule has 3 heterocycles. The molecule has 2 N–H and O–H groups in total. The van der Waals surface area contributed by atoms with E-state index in [-0.39, 0.29) is 0 Å². The van der Waals surface area contributed by atoms with Crippen LogP contribution in [-0.4, -0.2) is 19.9 Å². The van der Waals surface area contributed by atoms with Gasteiger partial charge in [-0.2, -0.15) is 0 Å². The SMILES string of the molecule is c1ccc(COc2ccc(-c3cc4c(Oc5ccc6[nH]ccc6c5)ncnc4[nH]3)cc2)cc1. The number of hydrogen-bond acceptors (Lipinski definition) is 4. The molecule has 0 unspecified atom stereocenters. The molecule has 0 amide bonds. The number of benzene rings is 3. The fraction of sp³-hybridized carbons (Fsp3) is 0.0370. The first-order valence-corrected chi connectivity index (χ1v) is 10.7. The van der Waals surface area contributed by atoms with Crippen molar-refractivity contribution in [2.75, 3.05) is 0 Å². The van der Waals surface area contributed by atoms with Crippen LogP contribution >= 0.6 is 0 Å². The molecule has 3 aromatic carbocycles. The summed E-state index contributed by atoms with van der Waals surface area (Å²) in [5.74, 6) is 2.06. The van der Waals surface area contributed by atoms with Crippen molar-refractivity contribution in [3.63, 3.8) is 0 Å². The lowest BCUT2D eigenvalue weighted by molar-refractivity contribution is 0.306. The smallest absolute Gasteiger partial charge is 0.231 e. The summed E-state index contributed by atoms with van der Waals surface area (Å²) >= 11 is 0. The molecule has 0 radical (unpaired) electrons. The lowest BCUT2D eigenvalue weighted by Gasteiger charge is -2.07. The van der Waals surface area contributed by atoms with E-state index in [1.54, 1.807) is 0 Å². The minimum Gasteiger partial charge on any atom is -0.489 e. The van der Waals surface area contributed by atoms with Gasteiger partial charge in [-0.25, -0.2) is 9.97 Å². The summed E-state index contributed by atoms with van der Waals surface area (Å²) in [4.78, 5) is 15.3. The molecule has 6 heteroatoms. The number of ether oxygens (including phenoxy) is 2. The number of fused-ring (bicyclic) bond motifs is 2. The molecular formula is C27H20N4O2. The molecule has 0 atom stereocenters. The first kappa shape index (κ1) is 19.1. The van der Waals surface area contributed by atoms with Gasteiger partial charge in [0.15, 0.2) is 0 Å². The average molecular weight is 432 g/mol. The Labute approximate surface area is 189 Å². The molecule has 0 aliphatic rings. The van der Waals surface area contributed by atoms with Gasteiger partial charge in [0.2, 0.25) is 5.88 Å². The van der Waals surface area contributed by atoms with Crippen molar-refractivity contribution in [1.82, 2.24) is 19.9 Å². The summed E-state index contributed by atoms with van der Waals surface area (Å²) in [5.41, 5.74) is 4.89. The second-order valence-electron chi connectivity index (χ2n) is 7.75. The van der Waals surface area contributed by atoms with Crippen molar-refractivity contribution in [3.8, 4) is 28.6 Å². The van der Waals surface area contributed by atoms with Crippen molar-refractivity contribution >= 4 is 21.9 Å². The third-order valence-electron chi connectivity index (χ3n) is 5.54. The molecule has 0 spiro atoms. The molecule has 3 aromatic heterocycles. The Balaban J connectivity index is 1.24. The van der Waals surface area contributed by atoms with Gasteiger partial charge in [0, 0.05) is 22.8 Å². The molecule has 33 heavy (non-hydrogen) atoms. The van der Waals surface area contributed by atoms with Gasteiger partial charge in [-0.3, -0.25) is 0 Å². The number of hydrogen-bond donors (Lipinski definition) is 2. The summed E-state index contributed by atoms with van der Waals surface area (Å²) in [7, 11) is 0. The van der Waals surface area contributed by atoms with Crippen LogP contribution in [0.1, 0.15) is 5.56 Å². The molecule has 6 aromatic rings. The molecule has 0 aliphatic heterocycles. The number of aromatic nitrogens is 4. The van der Waals surface area contributed by atoms with E-state index in [4.69, 9.17) is 9.47 Å². The van der Waals surface area contributed by atoms with Crippen LogP contribution in [0, 0.1) is 0 Å². The summed E-state index contributed by atoms with van der Waals surface area (Å²) < 4.78 is 12.0. The fourth-order valence-electron chi connectivity index (χ4n) is 3.83. The van der Waals surface area contributed by atoms with E-state index in [0.717, 1.165) is 50.3 Å². The fourth-order valence-corrected chi connectivity index (χ4v) is 3.83. The van der Waals surface area contributed by atoms with E-state index in [2.05, 4.69) is 32.1 Å². The minimum atomic E-state index is 0.514. The molecule has 0 bridgehead atoms. The molecule has 6 nitrogen and oxygen atoms in total. The highest BCUT2D eigenvalue weighted by atomic mass is 16.5. The van der Waals surface area contributed by atoms with Crippen LogP contribution < -0.4 is 9.47 Å². The predicted octanol–water partition coefficient (Wildman–Crippen LogP) is 6.48. The number of rotatable bonds is 6. The Morgan fingerprint density at radius 2 is 1.64 bits per heavy atom. The lowest BCUT2D eigenvalue weighted by atomic mass is 10.1. The van der Waals surface area contributed by atoms with E-state index >= 15 is 0 Å². The van der Waals surface area contributed by atoms with Crippen molar-refractivity contribution in [2.45, 2.75) is 6.61 Å². The van der Waals surface area contributed by atoms with E-state index in [1.807, 2.05) is 79.0 Å². The largest absolute Gasteiger partial charge is 0.489 e. The summed E-state index contributed by atoms with van der Waals surface area (Å²) in [6, 6.07) is 28.1. The van der Waals surface area contributed by atoms with Crippen molar-refractivity contribution in [3.05, 3.63) is 103 Å². The number of nitrogens with zero attached hydrogens (tertiary/aromatic N) is 2. The van der Waals surface area contributed by atoms with E-state index in [0.29, 0.717) is 12.5 Å². The normalized spacial score (nSPS) is 11.2. The van der Waals surface area contributed by atoms with Gasteiger partial charge in [-0.1, -0.05) is 30.3 Å². The highest BCUT2D eigenvalue weighted by Crippen LogP contribution is 2.32. The summed E-state index contributed by atoms with van der Waals surface area (Å²) in [6.45, 7) is 0.539. The van der Waals surface area contributed by atoms with E-state index < -0.39 is 0 Å². The second kappa shape index (κ2) is 8.16. The van der Waals surface area contributed by atoms with Crippen LogP contribution in [-0.2, 0) is 6.61 Å². The first-order valence-electron chi connectivity index (χ1n) is 10.7. The molecule has 0 fully saturated rings. The zero-order chi connectivity index (χ0) is 22.0. The highest BCUT2D eigenvalue weighted by Gasteiger charge is 2.12. The van der Waals surface area contributed by atoms with E-state index in [9.17, 15) is 0 Å². The quantitative estimate of drug-likeness (QED) is 0.316. The summed E-state index contributed by atoms with van der Waals surface area (Å²) in [5, 5.41) is 1.91.